The summed E-state index contributed by atoms with van der Waals surface area (Å²) in [5.74, 6) is -1.63. The van der Waals surface area contributed by atoms with Gasteiger partial charge in [0.05, 0.1) is 0 Å². The van der Waals surface area contributed by atoms with Crippen molar-refractivity contribution in [2.24, 2.45) is 5.92 Å². The Bertz CT molecular complexity index is 375. The van der Waals surface area contributed by atoms with Crippen LogP contribution in [0.15, 0.2) is 23.3 Å². The summed E-state index contributed by atoms with van der Waals surface area (Å²) in [7, 11) is 0. The number of allylic oxidation sites excluding steroid dienone is 2. The van der Waals surface area contributed by atoms with Crippen LogP contribution >= 0.6 is 11.6 Å². The lowest BCUT2D eigenvalue weighted by Gasteiger charge is -2.20. The fraction of sp³-hybridized carbons (Fsp3) is 0.286. The van der Waals surface area contributed by atoms with Crippen LogP contribution in [0.5, 0.6) is 0 Å². The quantitative estimate of drug-likeness (QED) is 0.403. The fourth-order valence-corrected chi connectivity index (χ4v) is 1.57. The molecule has 7 nitrogen and oxygen atoms in total. The Morgan fingerprint density at radius 3 is 2.27 bits per heavy atom. The number of rotatable bonds is 3. The van der Waals surface area contributed by atoms with E-state index >= 15 is 0 Å². The maximum absolute atomic E-state index is 10.7. The molecule has 1 aliphatic carbocycles. The van der Waals surface area contributed by atoms with Gasteiger partial charge >= 0.3 is 5.66 Å². The fourth-order valence-electron chi connectivity index (χ4n) is 1.25. The topological polar surface area (TPSA) is 103 Å². The van der Waals surface area contributed by atoms with Crippen LogP contribution < -0.4 is 0 Å². The third kappa shape index (κ3) is 1.40. The summed E-state index contributed by atoms with van der Waals surface area (Å²) in [6, 6.07) is 0. The van der Waals surface area contributed by atoms with Crippen molar-refractivity contribution in [2.75, 3.05) is 0 Å². The highest BCUT2D eigenvalue weighted by Gasteiger charge is 2.66. The van der Waals surface area contributed by atoms with E-state index in [1.54, 1.807) is 0 Å². The minimum absolute atomic E-state index is 0.617. The average Bonchev–Trinajstić information content (AvgIpc) is 2.16. The van der Waals surface area contributed by atoms with E-state index in [4.69, 9.17) is 11.6 Å². The molecule has 0 heterocycles. The number of carbonyl (C=O) groups excluding carboxylic acids is 1. The summed E-state index contributed by atoms with van der Waals surface area (Å²) < 4.78 is 0. The van der Waals surface area contributed by atoms with Gasteiger partial charge in [0.15, 0.2) is 11.0 Å². The monoisotopic (exact) mass is 231 g/mol. The van der Waals surface area contributed by atoms with Crippen LogP contribution in [0.1, 0.15) is 0 Å². The van der Waals surface area contributed by atoms with Gasteiger partial charge in [-0.15, -0.1) is 0 Å². The Kier molecular flexibility index (Phi) is 2.85. The number of nitro groups is 2. The Hall–Kier alpha value is -1.76. The summed E-state index contributed by atoms with van der Waals surface area (Å²) >= 11 is 5.45. The Morgan fingerprint density at radius 2 is 1.93 bits per heavy atom. The molecule has 1 atom stereocenters. The number of halogens is 1. The smallest absolute Gasteiger partial charge is 0.290 e. The van der Waals surface area contributed by atoms with Crippen molar-refractivity contribution in [3.8, 4) is 0 Å². The molecule has 1 unspecified atom stereocenters. The first kappa shape index (κ1) is 11.3. The zero-order valence-corrected chi connectivity index (χ0v) is 7.88. The van der Waals surface area contributed by atoms with Gasteiger partial charge in [0.2, 0.25) is 6.29 Å². The van der Waals surface area contributed by atoms with Crippen LogP contribution in [0.2, 0.25) is 0 Å². The molecule has 0 aromatic rings. The van der Waals surface area contributed by atoms with Crippen molar-refractivity contribution in [3.05, 3.63) is 43.5 Å². The lowest BCUT2D eigenvalue weighted by atomic mass is 9.90. The molecule has 1 aliphatic rings. The van der Waals surface area contributed by atoms with Crippen LogP contribution in [0.4, 0.5) is 0 Å². The minimum atomic E-state index is -2.84. The maximum atomic E-state index is 10.7. The third-order valence-corrected chi connectivity index (χ3v) is 2.42. The maximum Gasteiger partial charge on any atom is 0.507 e. The van der Waals surface area contributed by atoms with Crippen LogP contribution in [0, 0.1) is 26.1 Å². The van der Waals surface area contributed by atoms with Gasteiger partial charge in [-0.25, -0.2) is 0 Å². The Morgan fingerprint density at radius 1 is 1.40 bits per heavy atom. The second kappa shape index (κ2) is 3.77. The molecule has 0 aromatic heterocycles. The first-order chi connectivity index (χ1) is 6.97. The molecule has 0 bridgehead atoms. The van der Waals surface area contributed by atoms with Gasteiger partial charge in [0.25, 0.3) is 0 Å². The van der Waals surface area contributed by atoms with E-state index in [0.29, 0.717) is 0 Å². The Balaban J connectivity index is 3.42. The van der Waals surface area contributed by atoms with Crippen LogP contribution in [-0.2, 0) is 4.79 Å². The van der Waals surface area contributed by atoms with Crippen LogP contribution in [0.3, 0.4) is 0 Å². The van der Waals surface area contributed by atoms with Gasteiger partial charge in [0, 0.05) is 0 Å². The molecule has 0 spiro atoms. The van der Waals surface area contributed by atoms with Crippen LogP contribution in [-0.4, -0.2) is 21.8 Å². The van der Waals surface area contributed by atoms with Crippen molar-refractivity contribution in [1.29, 1.82) is 0 Å². The highest BCUT2D eigenvalue weighted by molar-refractivity contribution is 6.30. The number of nitrogens with zero attached hydrogens (tertiary/aromatic N) is 2. The molecule has 0 saturated carbocycles. The first-order valence-corrected chi connectivity index (χ1v) is 4.06. The van der Waals surface area contributed by atoms with E-state index in [9.17, 15) is 25.0 Å². The molecule has 0 amide bonds. The van der Waals surface area contributed by atoms with Gasteiger partial charge < -0.3 is 0 Å². The lowest BCUT2D eigenvalue weighted by Crippen LogP contribution is -2.53. The predicted molar refractivity (Wildman–Crippen MR) is 49.0 cm³/mol. The van der Waals surface area contributed by atoms with Gasteiger partial charge in [-0.05, 0) is 6.08 Å². The number of hydrogen-bond acceptors (Lipinski definition) is 5. The zero-order chi connectivity index (χ0) is 11.6. The van der Waals surface area contributed by atoms with Gasteiger partial charge in [-0.1, -0.05) is 23.8 Å². The van der Waals surface area contributed by atoms with Crippen LogP contribution in [0.25, 0.3) is 0 Å². The van der Waals surface area contributed by atoms with Gasteiger partial charge in [-0.3, -0.25) is 25.0 Å². The van der Waals surface area contributed by atoms with Gasteiger partial charge in [0.1, 0.15) is 9.85 Å². The van der Waals surface area contributed by atoms with E-state index < -0.39 is 26.5 Å². The molecule has 1 rings (SSSR count). The summed E-state index contributed by atoms with van der Waals surface area (Å²) in [5, 5.41) is 20.8. The van der Waals surface area contributed by atoms with E-state index in [1.165, 1.54) is 12.4 Å². The molecule has 0 fully saturated rings. The predicted octanol–water partition coefficient (Wildman–Crippen LogP) is 0.654. The van der Waals surface area contributed by atoms with Crippen molar-refractivity contribution in [2.45, 2.75) is 5.66 Å². The second-order valence-electron chi connectivity index (χ2n) is 2.74. The second-order valence-corrected chi connectivity index (χ2v) is 3.14. The van der Waals surface area contributed by atoms with Gasteiger partial charge in [-0.2, -0.15) is 0 Å². The molecular formula is C7H4ClN2O5. The molecule has 0 N–H and O–H groups in total. The molecule has 8 heteroatoms. The largest absolute Gasteiger partial charge is 0.507 e. The Labute approximate surface area is 88.3 Å². The standard InChI is InChI=1S/C7H4ClN2O5/c8-6-3-1-2-5(4-11)7(6,9(12)13)10(14)15/h1-3,5H. The van der Waals surface area contributed by atoms with Crippen molar-refractivity contribution < 1.29 is 14.6 Å². The number of hydrogen-bond donors (Lipinski definition) is 0. The van der Waals surface area contributed by atoms with Crippen molar-refractivity contribution in [1.82, 2.24) is 0 Å². The normalized spacial score (nSPS) is 23.0. The van der Waals surface area contributed by atoms with E-state index in [-0.39, 0.29) is 0 Å². The lowest BCUT2D eigenvalue weighted by molar-refractivity contribution is -0.786. The molecule has 79 valence electrons. The van der Waals surface area contributed by atoms with Crippen molar-refractivity contribution >= 4 is 17.9 Å². The SMILES string of the molecule is O=[C]C1C=CC=C(Cl)C1([N+](=O)[O-])[N+](=O)[O-]. The van der Waals surface area contributed by atoms with E-state index in [0.717, 1.165) is 12.2 Å². The zero-order valence-electron chi connectivity index (χ0n) is 7.12. The van der Waals surface area contributed by atoms with Crippen molar-refractivity contribution in [3.63, 3.8) is 0 Å². The summed E-state index contributed by atoms with van der Waals surface area (Å²) in [6.45, 7) is 0. The summed E-state index contributed by atoms with van der Waals surface area (Å²) in [4.78, 5) is 29.5. The molecule has 1 radical (unpaired) electrons. The molecule has 0 aliphatic heterocycles. The third-order valence-electron chi connectivity index (χ3n) is 2.01. The summed E-state index contributed by atoms with van der Waals surface area (Å²) in [6.07, 6.45) is 4.51. The molecule has 0 aromatic carbocycles. The highest BCUT2D eigenvalue weighted by Crippen LogP contribution is 2.35. The molecular weight excluding hydrogens is 228 g/mol. The van der Waals surface area contributed by atoms with E-state index in [2.05, 4.69) is 0 Å². The molecule has 0 saturated heterocycles. The minimum Gasteiger partial charge on any atom is -0.290 e. The molecule has 15 heavy (non-hydrogen) atoms. The average molecular weight is 232 g/mol. The first-order valence-electron chi connectivity index (χ1n) is 3.69. The highest BCUT2D eigenvalue weighted by atomic mass is 35.5. The van der Waals surface area contributed by atoms with E-state index in [1.807, 2.05) is 0 Å². The summed E-state index contributed by atoms with van der Waals surface area (Å²) in [5.41, 5.74) is -2.84.